The van der Waals surface area contributed by atoms with E-state index in [1.165, 1.54) is 12.4 Å². The molecule has 1 aromatic heterocycles. The van der Waals surface area contributed by atoms with Crippen molar-refractivity contribution in [2.45, 2.75) is 45.6 Å². The minimum atomic E-state index is -0.462. The van der Waals surface area contributed by atoms with E-state index in [9.17, 15) is 9.18 Å². The maximum Gasteiger partial charge on any atom is 0.410 e. The Labute approximate surface area is 142 Å². The zero-order valence-corrected chi connectivity index (χ0v) is 14.6. The topological polar surface area (TPSA) is 58.6 Å². The van der Waals surface area contributed by atoms with Crippen LogP contribution in [0.1, 0.15) is 40.0 Å². The van der Waals surface area contributed by atoms with Crippen molar-refractivity contribution in [2.75, 3.05) is 31.1 Å². The largest absolute Gasteiger partial charge is 0.444 e. The Hall–Kier alpha value is -1.92. The third-order valence-corrected chi connectivity index (χ3v) is 4.80. The van der Waals surface area contributed by atoms with Crippen LogP contribution in [0.15, 0.2) is 12.4 Å². The number of halogens is 1. The standard InChI is InChI=1S/C17H25FN4O2/c1-16(2,3)24-15(23)22-9-6-17(12-22)4-7-21(8-5-17)14-19-10-13(18)11-20-14/h10-11H,4-9,12H2,1-3H3. The first-order chi connectivity index (χ1) is 11.3. The third kappa shape index (κ3) is 3.76. The molecule has 0 bridgehead atoms. The first-order valence-corrected chi connectivity index (χ1v) is 8.47. The first kappa shape index (κ1) is 16.9. The van der Waals surface area contributed by atoms with E-state index in [4.69, 9.17) is 4.74 Å². The average Bonchev–Trinajstić information content (AvgIpc) is 2.92. The van der Waals surface area contributed by atoms with Gasteiger partial charge in [0.15, 0.2) is 5.82 Å². The number of nitrogens with zero attached hydrogens (tertiary/aromatic N) is 4. The molecular weight excluding hydrogens is 311 g/mol. The zero-order chi connectivity index (χ0) is 17.4. The molecule has 3 heterocycles. The number of aromatic nitrogens is 2. The summed E-state index contributed by atoms with van der Waals surface area (Å²) in [6.07, 6.45) is 5.15. The second-order valence-corrected chi connectivity index (χ2v) is 7.84. The van der Waals surface area contributed by atoms with Gasteiger partial charge in [0, 0.05) is 26.2 Å². The number of hydrogen-bond donors (Lipinski definition) is 0. The Morgan fingerprint density at radius 3 is 2.33 bits per heavy atom. The van der Waals surface area contributed by atoms with Crippen molar-refractivity contribution in [3.63, 3.8) is 0 Å². The number of carbonyl (C=O) groups is 1. The van der Waals surface area contributed by atoms with Crippen LogP contribution in [0.3, 0.4) is 0 Å². The zero-order valence-electron chi connectivity index (χ0n) is 14.6. The molecule has 2 aliphatic rings. The predicted octanol–water partition coefficient (Wildman–Crippen LogP) is 2.84. The van der Waals surface area contributed by atoms with Gasteiger partial charge in [0.2, 0.25) is 5.95 Å². The summed E-state index contributed by atoms with van der Waals surface area (Å²) in [7, 11) is 0. The van der Waals surface area contributed by atoms with Gasteiger partial charge in [0.05, 0.1) is 12.4 Å². The van der Waals surface area contributed by atoms with Crippen molar-refractivity contribution < 1.29 is 13.9 Å². The van der Waals surface area contributed by atoms with Gasteiger partial charge in [-0.15, -0.1) is 0 Å². The first-order valence-electron chi connectivity index (χ1n) is 8.47. The van der Waals surface area contributed by atoms with Crippen LogP contribution in [0.4, 0.5) is 15.1 Å². The van der Waals surface area contributed by atoms with Gasteiger partial charge in [-0.05, 0) is 45.4 Å². The second kappa shape index (κ2) is 6.18. The molecule has 3 rings (SSSR count). The molecule has 1 amide bonds. The second-order valence-electron chi connectivity index (χ2n) is 7.84. The number of piperidine rings is 1. The van der Waals surface area contributed by atoms with Gasteiger partial charge in [-0.2, -0.15) is 0 Å². The Bertz CT molecular complexity index is 592. The maximum atomic E-state index is 12.9. The lowest BCUT2D eigenvalue weighted by Gasteiger charge is -2.39. The lowest BCUT2D eigenvalue weighted by Crippen LogP contribution is -2.43. The van der Waals surface area contributed by atoms with Crippen molar-refractivity contribution in [2.24, 2.45) is 5.41 Å². The van der Waals surface area contributed by atoms with Crippen molar-refractivity contribution in [1.82, 2.24) is 14.9 Å². The molecule has 2 aliphatic heterocycles. The molecule has 0 radical (unpaired) electrons. The van der Waals surface area contributed by atoms with Crippen LogP contribution in [-0.4, -0.2) is 52.7 Å². The van der Waals surface area contributed by atoms with Crippen molar-refractivity contribution in [3.8, 4) is 0 Å². The Kier molecular flexibility index (Phi) is 4.36. The quantitative estimate of drug-likeness (QED) is 0.789. The predicted molar refractivity (Wildman–Crippen MR) is 88.3 cm³/mol. The van der Waals surface area contributed by atoms with E-state index in [0.29, 0.717) is 5.95 Å². The molecular formula is C17H25FN4O2. The number of carbonyl (C=O) groups excluding carboxylic acids is 1. The highest BCUT2D eigenvalue weighted by Crippen LogP contribution is 2.41. The minimum Gasteiger partial charge on any atom is -0.444 e. The number of amides is 1. The van der Waals surface area contributed by atoms with E-state index in [2.05, 4.69) is 14.9 Å². The molecule has 0 atom stereocenters. The molecule has 7 heteroatoms. The summed E-state index contributed by atoms with van der Waals surface area (Å²) in [4.78, 5) is 24.3. The molecule has 2 fully saturated rings. The van der Waals surface area contributed by atoms with Gasteiger partial charge >= 0.3 is 6.09 Å². The molecule has 0 N–H and O–H groups in total. The highest BCUT2D eigenvalue weighted by Gasteiger charge is 2.43. The summed E-state index contributed by atoms with van der Waals surface area (Å²) < 4.78 is 18.4. The van der Waals surface area contributed by atoms with Gasteiger partial charge < -0.3 is 14.5 Å². The van der Waals surface area contributed by atoms with Crippen molar-refractivity contribution in [3.05, 3.63) is 18.2 Å². The normalized spacial score (nSPS) is 20.5. The Balaban J connectivity index is 1.56. The van der Waals surface area contributed by atoms with Crippen LogP contribution in [0.2, 0.25) is 0 Å². The lowest BCUT2D eigenvalue weighted by molar-refractivity contribution is 0.0266. The van der Waals surface area contributed by atoms with Crippen molar-refractivity contribution in [1.29, 1.82) is 0 Å². The number of rotatable bonds is 1. The van der Waals surface area contributed by atoms with Crippen LogP contribution >= 0.6 is 0 Å². The molecule has 0 aromatic carbocycles. The van der Waals surface area contributed by atoms with Crippen LogP contribution in [0.25, 0.3) is 0 Å². The maximum absolute atomic E-state index is 12.9. The van der Waals surface area contributed by atoms with Crippen LogP contribution in [0.5, 0.6) is 0 Å². The van der Waals surface area contributed by atoms with Crippen molar-refractivity contribution >= 4 is 12.0 Å². The summed E-state index contributed by atoms with van der Waals surface area (Å²) in [5.74, 6) is 0.157. The average molecular weight is 336 g/mol. The van der Waals surface area contributed by atoms with E-state index in [-0.39, 0.29) is 11.5 Å². The molecule has 24 heavy (non-hydrogen) atoms. The molecule has 2 saturated heterocycles. The highest BCUT2D eigenvalue weighted by molar-refractivity contribution is 5.68. The monoisotopic (exact) mass is 336 g/mol. The van der Waals surface area contributed by atoms with Crippen LogP contribution in [-0.2, 0) is 4.74 Å². The van der Waals surface area contributed by atoms with Crippen LogP contribution in [0, 0.1) is 11.2 Å². The lowest BCUT2D eigenvalue weighted by atomic mass is 9.78. The smallest absolute Gasteiger partial charge is 0.410 e. The van der Waals surface area contributed by atoms with E-state index in [1.54, 1.807) is 0 Å². The van der Waals surface area contributed by atoms with Gasteiger partial charge in [-0.1, -0.05) is 0 Å². The van der Waals surface area contributed by atoms with Gasteiger partial charge in [-0.25, -0.2) is 19.2 Å². The van der Waals surface area contributed by atoms with Gasteiger partial charge in [0.25, 0.3) is 0 Å². The molecule has 0 aliphatic carbocycles. The molecule has 1 spiro atoms. The molecule has 0 saturated carbocycles. The molecule has 0 unspecified atom stereocenters. The number of likely N-dealkylation sites (tertiary alicyclic amines) is 1. The fourth-order valence-corrected chi connectivity index (χ4v) is 3.48. The summed E-state index contributed by atoms with van der Waals surface area (Å²) >= 11 is 0. The van der Waals surface area contributed by atoms with E-state index >= 15 is 0 Å². The highest BCUT2D eigenvalue weighted by atomic mass is 19.1. The van der Waals surface area contributed by atoms with Crippen LogP contribution < -0.4 is 4.90 Å². The van der Waals surface area contributed by atoms with E-state index in [0.717, 1.165) is 45.4 Å². The number of anilines is 1. The summed E-state index contributed by atoms with van der Waals surface area (Å²) in [6, 6.07) is 0. The Morgan fingerprint density at radius 1 is 1.17 bits per heavy atom. The number of hydrogen-bond acceptors (Lipinski definition) is 5. The Morgan fingerprint density at radius 2 is 1.75 bits per heavy atom. The van der Waals surface area contributed by atoms with E-state index in [1.807, 2.05) is 25.7 Å². The van der Waals surface area contributed by atoms with Gasteiger partial charge in [-0.3, -0.25) is 0 Å². The fourth-order valence-electron chi connectivity index (χ4n) is 3.48. The van der Waals surface area contributed by atoms with E-state index < -0.39 is 11.4 Å². The molecule has 1 aromatic rings. The number of ether oxygens (including phenoxy) is 1. The molecule has 6 nitrogen and oxygen atoms in total. The SMILES string of the molecule is CC(C)(C)OC(=O)N1CCC2(CCN(c3ncc(F)cn3)CC2)C1. The third-order valence-electron chi connectivity index (χ3n) is 4.80. The summed E-state index contributed by atoms with van der Waals surface area (Å²) in [5.41, 5.74) is -0.302. The minimum absolute atomic E-state index is 0.160. The summed E-state index contributed by atoms with van der Waals surface area (Å²) in [6.45, 7) is 8.82. The molecule has 132 valence electrons. The summed E-state index contributed by atoms with van der Waals surface area (Å²) in [5, 5.41) is 0. The fraction of sp³-hybridized carbons (Fsp3) is 0.706. The van der Waals surface area contributed by atoms with Gasteiger partial charge in [0.1, 0.15) is 5.60 Å².